The van der Waals surface area contributed by atoms with E-state index in [0.29, 0.717) is 30.5 Å². The van der Waals surface area contributed by atoms with E-state index in [1.165, 1.54) is 25.3 Å². The molecule has 0 aliphatic carbocycles. The molecule has 0 fully saturated rings. The minimum absolute atomic E-state index is 0.0719. The third kappa shape index (κ3) is 3.84. The van der Waals surface area contributed by atoms with Gasteiger partial charge in [-0.1, -0.05) is 17.7 Å². The fourth-order valence-electron chi connectivity index (χ4n) is 2.51. The van der Waals surface area contributed by atoms with Crippen LogP contribution in [0, 0.1) is 0 Å². The summed E-state index contributed by atoms with van der Waals surface area (Å²) in [5.41, 5.74) is 0.771. The molecule has 1 aliphatic rings. The summed E-state index contributed by atoms with van der Waals surface area (Å²) in [5.74, 6) is 1.69. The van der Waals surface area contributed by atoms with Gasteiger partial charge in [0.05, 0.1) is 17.0 Å². The van der Waals surface area contributed by atoms with E-state index in [1.807, 2.05) is 6.07 Å². The Morgan fingerprint density at radius 2 is 1.84 bits per heavy atom. The number of halogens is 1. The molecule has 3 rings (SSSR count). The van der Waals surface area contributed by atoms with Gasteiger partial charge in [-0.2, -0.15) is 0 Å². The maximum absolute atomic E-state index is 12.6. The van der Waals surface area contributed by atoms with Crippen LogP contribution in [0.1, 0.15) is 18.5 Å². The van der Waals surface area contributed by atoms with Crippen LogP contribution in [0.3, 0.4) is 0 Å². The van der Waals surface area contributed by atoms with E-state index >= 15 is 0 Å². The Hall–Kier alpha value is -1.96. The van der Waals surface area contributed by atoms with Gasteiger partial charge < -0.3 is 14.2 Å². The molecule has 2 aromatic carbocycles. The second kappa shape index (κ2) is 7.11. The molecule has 0 unspecified atom stereocenters. The molecule has 1 atom stereocenters. The Kier molecular flexibility index (Phi) is 5.08. The minimum atomic E-state index is -3.74. The zero-order valence-corrected chi connectivity index (χ0v) is 15.4. The van der Waals surface area contributed by atoms with Crippen molar-refractivity contribution in [3.8, 4) is 17.2 Å². The number of nitrogens with one attached hydrogen (secondary N) is 1. The largest absolute Gasteiger partial charge is 0.495 e. The van der Waals surface area contributed by atoms with Crippen molar-refractivity contribution in [2.45, 2.75) is 17.9 Å². The highest BCUT2D eigenvalue weighted by Gasteiger charge is 2.21. The SMILES string of the molecule is COc1ccc(S(=O)(=O)N[C@H](C)c2ccc3c(c2)OCCO3)cc1Cl. The summed E-state index contributed by atoms with van der Waals surface area (Å²) in [6, 6.07) is 9.24. The predicted molar refractivity (Wildman–Crippen MR) is 94.2 cm³/mol. The third-order valence-electron chi connectivity index (χ3n) is 3.83. The van der Waals surface area contributed by atoms with Crippen LogP contribution in [-0.4, -0.2) is 28.7 Å². The average Bonchev–Trinajstić information content (AvgIpc) is 2.60. The molecular formula is C17H18ClNO5S. The highest BCUT2D eigenvalue weighted by molar-refractivity contribution is 7.89. The van der Waals surface area contributed by atoms with E-state index in [0.717, 1.165) is 5.56 Å². The number of rotatable bonds is 5. The Morgan fingerprint density at radius 3 is 2.52 bits per heavy atom. The summed E-state index contributed by atoms with van der Waals surface area (Å²) >= 11 is 6.02. The number of benzene rings is 2. The highest BCUT2D eigenvalue weighted by Crippen LogP contribution is 2.33. The maximum atomic E-state index is 12.6. The van der Waals surface area contributed by atoms with Gasteiger partial charge in [0.1, 0.15) is 19.0 Å². The summed E-state index contributed by atoms with van der Waals surface area (Å²) in [7, 11) is -2.27. The lowest BCUT2D eigenvalue weighted by Gasteiger charge is -2.21. The molecule has 1 N–H and O–H groups in total. The molecule has 0 amide bonds. The Balaban J connectivity index is 1.81. The van der Waals surface area contributed by atoms with Crippen LogP contribution in [0.2, 0.25) is 5.02 Å². The standard InChI is InChI=1S/C17H18ClNO5S/c1-11(12-3-5-16-17(9-12)24-8-7-23-16)19-25(20,21)13-4-6-15(22-2)14(18)10-13/h3-6,9-11,19H,7-8H2,1-2H3/t11-/m1/s1. The van der Waals surface area contributed by atoms with Gasteiger partial charge in [0.15, 0.2) is 11.5 Å². The van der Waals surface area contributed by atoms with E-state index < -0.39 is 16.1 Å². The molecule has 0 radical (unpaired) electrons. The molecule has 25 heavy (non-hydrogen) atoms. The number of hydrogen-bond acceptors (Lipinski definition) is 5. The maximum Gasteiger partial charge on any atom is 0.241 e. The fourth-order valence-corrected chi connectivity index (χ4v) is 4.09. The summed E-state index contributed by atoms with van der Waals surface area (Å²) in [5, 5.41) is 0.234. The van der Waals surface area contributed by atoms with Crippen molar-refractivity contribution in [3.63, 3.8) is 0 Å². The Morgan fingerprint density at radius 1 is 1.12 bits per heavy atom. The zero-order chi connectivity index (χ0) is 18.0. The highest BCUT2D eigenvalue weighted by atomic mass is 35.5. The van der Waals surface area contributed by atoms with Crippen molar-refractivity contribution < 1.29 is 22.6 Å². The third-order valence-corrected chi connectivity index (χ3v) is 5.67. The fraction of sp³-hybridized carbons (Fsp3) is 0.294. The first-order chi connectivity index (χ1) is 11.9. The van der Waals surface area contributed by atoms with Gasteiger partial charge in [0.2, 0.25) is 10.0 Å². The molecule has 6 nitrogen and oxygen atoms in total. The molecule has 2 aromatic rings. The van der Waals surface area contributed by atoms with Gasteiger partial charge in [0, 0.05) is 6.04 Å². The minimum Gasteiger partial charge on any atom is -0.495 e. The van der Waals surface area contributed by atoms with Crippen LogP contribution in [0.25, 0.3) is 0 Å². The Labute approximate surface area is 151 Å². The lowest BCUT2D eigenvalue weighted by Crippen LogP contribution is -2.27. The lowest BCUT2D eigenvalue weighted by molar-refractivity contribution is 0.171. The van der Waals surface area contributed by atoms with Crippen molar-refractivity contribution in [2.24, 2.45) is 0 Å². The molecule has 0 bridgehead atoms. The van der Waals surface area contributed by atoms with Crippen LogP contribution >= 0.6 is 11.6 Å². The van der Waals surface area contributed by atoms with Crippen molar-refractivity contribution in [3.05, 3.63) is 47.0 Å². The first-order valence-electron chi connectivity index (χ1n) is 7.66. The van der Waals surface area contributed by atoms with Crippen LogP contribution < -0.4 is 18.9 Å². The van der Waals surface area contributed by atoms with Gasteiger partial charge >= 0.3 is 0 Å². The van der Waals surface area contributed by atoms with Crippen molar-refractivity contribution in [1.29, 1.82) is 0 Å². The van der Waals surface area contributed by atoms with E-state index in [-0.39, 0.29) is 9.92 Å². The van der Waals surface area contributed by atoms with E-state index in [2.05, 4.69) is 4.72 Å². The monoisotopic (exact) mass is 383 g/mol. The Bertz CT molecular complexity index is 885. The number of sulfonamides is 1. The molecular weight excluding hydrogens is 366 g/mol. The lowest BCUT2D eigenvalue weighted by atomic mass is 10.1. The quantitative estimate of drug-likeness (QED) is 0.858. The smallest absolute Gasteiger partial charge is 0.241 e. The number of methoxy groups -OCH3 is 1. The topological polar surface area (TPSA) is 73.9 Å². The number of hydrogen-bond donors (Lipinski definition) is 1. The van der Waals surface area contributed by atoms with Crippen molar-refractivity contribution >= 4 is 21.6 Å². The molecule has 8 heteroatoms. The first kappa shape index (κ1) is 17.8. The summed E-state index contributed by atoms with van der Waals surface area (Å²) < 4.78 is 43.9. The van der Waals surface area contributed by atoms with Crippen LogP contribution in [0.5, 0.6) is 17.2 Å². The second-order valence-electron chi connectivity index (χ2n) is 5.54. The van der Waals surface area contributed by atoms with Gasteiger partial charge in [-0.3, -0.25) is 0 Å². The molecule has 0 spiro atoms. The van der Waals surface area contributed by atoms with Crippen LogP contribution in [0.15, 0.2) is 41.3 Å². The van der Waals surface area contributed by atoms with Crippen molar-refractivity contribution in [1.82, 2.24) is 4.72 Å². The summed E-state index contributed by atoms with van der Waals surface area (Å²) in [6.45, 7) is 2.74. The molecule has 0 saturated heterocycles. The molecule has 0 aromatic heterocycles. The molecule has 0 saturated carbocycles. The van der Waals surface area contributed by atoms with Gasteiger partial charge in [0.25, 0.3) is 0 Å². The van der Waals surface area contributed by atoms with Crippen molar-refractivity contribution in [2.75, 3.05) is 20.3 Å². The van der Waals surface area contributed by atoms with Gasteiger partial charge in [-0.05, 0) is 42.8 Å². The van der Waals surface area contributed by atoms with Gasteiger partial charge in [-0.15, -0.1) is 0 Å². The van der Waals surface area contributed by atoms with E-state index in [1.54, 1.807) is 19.1 Å². The molecule has 1 heterocycles. The normalized spacial score (nSPS) is 14.8. The summed E-state index contributed by atoms with van der Waals surface area (Å²) in [4.78, 5) is 0.0719. The predicted octanol–water partition coefficient (Wildman–Crippen LogP) is 3.16. The number of fused-ring (bicyclic) bond motifs is 1. The molecule has 134 valence electrons. The van der Waals surface area contributed by atoms with Gasteiger partial charge in [-0.25, -0.2) is 13.1 Å². The molecule has 1 aliphatic heterocycles. The average molecular weight is 384 g/mol. The van der Waals surface area contributed by atoms with Crippen LogP contribution in [0.4, 0.5) is 0 Å². The second-order valence-corrected chi connectivity index (χ2v) is 7.66. The van der Waals surface area contributed by atoms with E-state index in [4.69, 9.17) is 25.8 Å². The van der Waals surface area contributed by atoms with Crippen LogP contribution in [-0.2, 0) is 10.0 Å². The first-order valence-corrected chi connectivity index (χ1v) is 9.52. The summed E-state index contributed by atoms with van der Waals surface area (Å²) in [6.07, 6.45) is 0. The number of ether oxygens (including phenoxy) is 3. The van der Waals surface area contributed by atoms with E-state index in [9.17, 15) is 8.42 Å². The zero-order valence-electron chi connectivity index (χ0n) is 13.8.